The molecule has 0 aliphatic carbocycles. The summed E-state index contributed by atoms with van der Waals surface area (Å²) in [4.78, 5) is 49.7. The number of piperidine rings is 1. The summed E-state index contributed by atoms with van der Waals surface area (Å²) in [7, 11) is 4.14. The normalized spacial score (nSPS) is 14.6. The highest BCUT2D eigenvalue weighted by molar-refractivity contribution is 6.03. The van der Waals surface area contributed by atoms with Gasteiger partial charge in [0, 0.05) is 38.4 Å². The van der Waals surface area contributed by atoms with Crippen LogP contribution in [0.3, 0.4) is 0 Å². The Morgan fingerprint density at radius 3 is 2.44 bits per heavy atom. The van der Waals surface area contributed by atoms with Gasteiger partial charge in [-0.15, -0.1) is 0 Å². The van der Waals surface area contributed by atoms with Crippen LogP contribution in [0.1, 0.15) is 40.0 Å². The number of nitrogens with one attached hydrogen (secondary N) is 3. The molecule has 0 unspecified atom stereocenters. The lowest BCUT2D eigenvalue weighted by molar-refractivity contribution is -0.124. The number of carbonyl (C=O) groups is 2. The van der Waals surface area contributed by atoms with Gasteiger partial charge >= 0.3 is 5.69 Å². The Hall–Kier alpha value is -5.10. The maximum absolute atomic E-state index is 15.6. The second-order valence-electron chi connectivity index (χ2n) is 11.0. The Kier molecular flexibility index (Phi) is 8.96. The Bertz CT molecular complexity index is 1930. The number of nitrogens with zero attached hydrogens (tertiary/aromatic N) is 3. The molecule has 1 aliphatic heterocycles. The number of carbonyl (C=O) groups excluding carboxylic acids is 2. The van der Waals surface area contributed by atoms with Crippen molar-refractivity contribution >= 4 is 17.5 Å². The molecule has 234 valence electrons. The van der Waals surface area contributed by atoms with Crippen LogP contribution in [0.2, 0.25) is 0 Å². The largest absolute Gasteiger partial charge is 0.496 e. The maximum atomic E-state index is 15.6. The third kappa shape index (κ3) is 6.14. The van der Waals surface area contributed by atoms with Crippen molar-refractivity contribution in [1.29, 1.82) is 0 Å². The first-order valence-corrected chi connectivity index (χ1v) is 14.5. The van der Waals surface area contributed by atoms with Gasteiger partial charge in [0.2, 0.25) is 11.6 Å². The lowest BCUT2D eigenvalue weighted by Gasteiger charge is -2.23. The van der Waals surface area contributed by atoms with E-state index in [0.29, 0.717) is 35.5 Å². The van der Waals surface area contributed by atoms with Gasteiger partial charge in [0.1, 0.15) is 11.6 Å². The molecule has 3 N–H and O–H groups in total. The van der Waals surface area contributed by atoms with Crippen LogP contribution in [0.5, 0.6) is 5.75 Å². The number of rotatable bonds is 8. The van der Waals surface area contributed by atoms with Crippen molar-refractivity contribution in [2.24, 2.45) is 14.1 Å². The first kappa shape index (κ1) is 31.3. The van der Waals surface area contributed by atoms with Gasteiger partial charge in [-0.2, -0.15) is 5.10 Å². The van der Waals surface area contributed by atoms with Crippen LogP contribution in [0.25, 0.3) is 22.3 Å². The number of hydrogen-bond acceptors (Lipinski definition) is 7. The number of amides is 2. The Labute approximate surface area is 259 Å². The fraction of sp³-hybridized carbons (Fsp3) is 0.303. The fourth-order valence-electron chi connectivity index (χ4n) is 5.64. The number of anilines is 1. The third-order valence-electron chi connectivity index (χ3n) is 8.24. The Morgan fingerprint density at radius 1 is 1.04 bits per heavy atom. The monoisotopic (exact) mass is 614 g/mol. The number of ether oxygens (including phenoxy) is 1. The van der Waals surface area contributed by atoms with E-state index in [4.69, 9.17) is 4.74 Å². The molecule has 1 fully saturated rings. The molecular formula is C33H35FN6O5. The van der Waals surface area contributed by atoms with E-state index in [1.54, 1.807) is 18.2 Å². The maximum Gasteiger partial charge on any atom is 0.346 e. The van der Waals surface area contributed by atoms with Crippen LogP contribution in [-0.2, 0) is 25.4 Å². The zero-order valence-electron chi connectivity index (χ0n) is 25.8. The first-order valence-electron chi connectivity index (χ1n) is 14.5. The second kappa shape index (κ2) is 12.9. The Morgan fingerprint density at radius 2 is 1.73 bits per heavy atom. The van der Waals surface area contributed by atoms with E-state index in [1.807, 2.05) is 38.1 Å². The standard InChI is InChI=1S/C33H35FN6O5/c1-18-21(20-15-25(34)24(28(16-20)45-5)17-36-27-13-8-14-35-30(27)41)9-6-10-22(18)23-11-7-12-26(19(23)2)37-31(42)29-32(43)39(3)33(44)40(4)38-29/h6-7,9-12,15-16,27,36H,8,13-14,17H2,1-5H3,(H,35,41)(H,37,42)/t27-/m1/s1. The highest BCUT2D eigenvalue weighted by Gasteiger charge is 2.23. The molecule has 2 heterocycles. The quantitative estimate of drug-likeness (QED) is 0.277. The van der Waals surface area contributed by atoms with Crippen molar-refractivity contribution in [3.63, 3.8) is 0 Å². The molecule has 1 atom stereocenters. The average molecular weight is 615 g/mol. The molecular weight excluding hydrogens is 579 g/mol. The van der Waals surface area contributed by atoms with Gasteiger partial charge in [-0.25, -0.2) is 13.9 Å². The lowest BCUT2D eigenvalue weighted by Crippen LogP contribution is -2.48. The number of hydrogen-bond donors (Lipinski definition) is 3. The number of benzene rings is 3. The summed E-state index contributed by atoms with van der Waals surface area (Å²) < 4.78 is 22.9. The van der Waals surface area contributed by atoms with Gasteiger partial charge in [0.25, 0.3) is 11.5 Å². The van der Waals surface area contributed by atoms with Crippen LogP contribution in [0.15, 0.2) is 58.1 Å². The zero-order valence-corrected chi connectivity index (χ0v) is 25.8. The topological polar surface area (TPSA) is 136 Å². The van der Waals surface area contributed by atoms with E-state index in [1.165, 1.54) is 27.3 Å². The van der Waals surface area contributed by atoms with Gasteiger partial charge in [-0.05, 0) is 78.3 Å². The lowest BCUT2D eigenvalue weighted by atomic mass is 9.90. The van der Waals surface area contributed by atoms with E-state index in [2.05, 4.69) is 21.0 Å². The van der Waals surface area contributed by atoms with Crippen LogP contribution >= 0.6 is 0 Å². The molecule has 5 rings (SSSR count). The molecule has 1 aromatic heterocycles. The third-order valence-corrected chi connectivity index (χ3v) is 8.24. The highest BCUT2D eigenvalue weighted by Crippen LogP contribution is 2.37. The van der Waals surface area contributed by atoms with Crippen LogP contribution in [0, 0.1) is 19.7 Å². The zero-order chi connectivity index (χ0) is 32.4. The van der Waals surface area contributed by atoms with Crippen LogP contribution < -0.4 is 31.9 Å². The molecule has 1 saturated heterocycles. The van der Waals surface area contributed by atoms with Crippen LogP contribution in [-0.4, -0.2) is 45.9 Å². The minimum atomic E-state index is -0.795. The molecule has 0 radical (unpaired) electrons. The Balaban J connectivity index is 1.45. The van der Waals surface area contributed by atoms with E-state index in [-0.39, 0.29) is 18.5 Å². The van der Waals surface area contributed by atoms with E-state index in [0.717, 1.165) is 43.5 Å². The second-order valence-corrected chi connectivity index (χ2v) is 11.0. The summed E-state index contributed by atoms with van der Waals surface area (Å²) in [5, 5.41) is 12.6. The van der Waals surface area contributed by atoms with Gasteiger partial charge < -0.3 is 20.7 Å². The van der Waals surface area contributed by atoms with Crippen molar-refractivity contribution in [1.82, 2.24) is 25.0 Å². The summed E-state index contributed by atoms with van der Waals surface area (Å²) in [6.45, 7) is 4.58. The van der Waals surface area contributed by atoms with Gasteiger partial charge in [0.15, 0.2) is 0 Å². The van der Waals surface area contributed by atoms with Crippen LogP contribution in [0.4, 0.5) is 10.1 Å². The van der Waals surface area contributed by atoms with Crippen molar-refractivity contribution < 1.29 is 18.7 Å². The summed E-state index contributed by atoms with van der Waals surface area (Å²) in [5.74, 6) is -0.899. The molecule has 12 heteroatoms. The SMILES string of the molecule is COc1cc(-c2cccc(-c3cccc(NC(=O)c4nn(C)c(=O)n(C)c4=O)c3C)c2C)cc(F)c1CN[C@@H]1CCCNC1=O. The van der Waals surface area contributed by atoms with Gasteiger partial charge in [-0.1, -0.05) is 30.3 Å². The molecule has 2 amide bonds. The number of aromatic nitrogens is 3. The average Bonchev–Trinajstić information content (AvgIpc) is 3.02. The molecule has 0 bridgehead atoms. The molecule has 11 nitrogen and oxygen atoms in total. The minimum absolute atomic E-state index is 0.0865. The number of aryl methyl sites for hydroxylation is 1. The highest BCUT2D eigenvalue weighted by atomic mass is 19.1. The van der Waals surface area contributed by atoms with Gasteiger partial charge in [-0.3, -0.25) is 19.0 Å². The fourth-order valence-corrected chi connectivity index (χ4v) is 5.64. The summed E-state index contributed by atoms with van der Waals surface area (Å²) in [5.41, 5.74) is 3.71. The molecule has 1 aliphatic rings. The number of methoxy groups -OCH3 is 1. The summed E-state index contributed by atoms with van der Waals surface area (Å²) in [6.07, 6.45) is 1.55. The van der Waals surface area contributed by atoms with Crippen molar-refractivity contribution in [2.45, 2.75) is 39.3 Å². The van der Waals surface area contributed by atoms with E-state index >= 15 is 4.39 Å². The van der Waals surface area contributed by atoms with Crippen molar-refractivity contribution in [2.75, 3.05) is 19.0 Å². The number of halogens is 1. The molecule has 0 spiro atoms. The molecule has 0 saturated carbocycles. The van der Waals surface area contributed by atoms with Gasteiger partial charge in [0.05, 0.1) is 13.2 Å². The molecule has 45 heavy (non-hydrogen) atoms. The summed E-state index contributed by atoms with van der Waals surface area (Å²) in [6, 6.07) is 14.0. The van der Waals surface area contributed by atoms with Crippen molar-refractivity contribution in [3.8, 4) is 28.0 Å². The minimum Gasteiger partial charge on any atom is -0.496 e. The predicted octanol–water partition coefficient (Wildman–Crippen LogP) is 3.20. The molecule has 4 aromatic rings. The van der Waals surface area contributed by atoms with E-state index in [9.17, 15) is 19.2 Å². The van der Waals surface area contributed by atoms with Crippen molar-refractivity contribution in [3.05, 3.63) is 97.6 Å². The van der Waals surface area contributed by atoms with E-state index < -0.39 is 28.7 Å². The summed E-state index contributed by atoms with van der Waals surface area (Å²) >= 11 is 0. The first-order chi connectivity index (χ1) is 21.5. The smallest absolute Gasteiger partial charge is 0.346 e. The predicted molar refractivity (Wildman–Crippen MR) is 169 cm³/mol. The molecule has 3 aromatic carbocycles.